The second kappa shape index (κ2) is 12.5. The van der Waals surface area contributed by atoms with Gasteiger partial charge in [-0.05, 0) is 41.5 Å². The first-order chi connectivity index (χ1) is 10.6. The average molecular weight is 359 g/mol. The van der Waals surface area contributed by atoms with Gasteiger partial charge < -0.3 is 26.6 Å². The summed E-state index contributed by atoms with van der Waals surface area (Å²) in [5.41, 5.74) is 0. The zero-order chi connectivity index (χ0) is 16.9. The summed E-state index contributed by atoms with van der Waals surface area (Å²) in [6.07, 6.45) is 0. The average Bonchev–Trinajstić information content (AvgIpc) is 2.47. The Morgan fingerprint density at radius 3 is 0.727 bits per heavy atom. The molecule has 0 spiro atoms. The van der Waals surface area contributed by atoms with Crippen LogP contribution in [0.15, 0.2) is 0 Å². The molecular formula is C12H30O8Si2. The van der Waals surface area contributed by atoms with E-state index < -0.39 is 18.1 Å². The maximum absolute atomic E-state index is 5.54. The van der Waals surface area contributed by atoms with Gasteiger partial charge in [0.25, 0.3) is 0 Å². The van der Waals surface area contributed by atoms with E-state index in [-0.39, 0.29) is 0 Å². The van der Waals surface area contributed by atoms with E-state index in [0.29, 0.717) is 39.6 Å². The molecule has 0 aromatic carbocycles. The fourth-order valence-corrected chi connectivity index (χ4v) is 5.28. The third-order valence-corrected chi connectivity index (χ3v) is 6.77. The van der Waals surface area contributed by atoms with Gasteiger partial charge in [0.15, 0.2) is 0 Å². The van der Waals surface area contributed by atoms with E-state index in [0.717, 1.165) is 0 Å². The molecule has 8 nitrogen and oxygen atoms in total. The van der Waals surface area contributed by atoms with Crippen LogP contribution in [0.4, 0.5) is 0 Å². The first-order valence-corrected chi connectivity index (χ1v) is 11.0. The van der Waals surface area contributed by atoms with Crippen LogP contribution in [0.2, 0.25) is 0 Å². The van der Waals surface area contributed by atoms with Crippen molar-refractivity contribution in [1.82, 2.24) is 0 Å². The van der Waals surface area contributed by atoms with Crippen molar-refractivity contribution in [1.29, 1.82) is 0 Å². The summed E-state index contributed by atoms with van der Waals surface area (Å²) < 4.78 is 44.1. The van der Waals surface area contributed by atoms with Crippen LogP contribution in [0.1, 0.15) is 41.5 Å². The largest absolute Gasteiger partial charge is 0.707 e. The molecule has 0 fully saturated rings. The molecule has 10 heteroatoms. The molecule has 0 amide bonds. The van der Waals surface area contributed by atoms with Gasteiger partial charge in [-0.25, -0.2) is 9.15 Å². The first-order valence-electron chi connectivity index (χ1n) is 7.77. The fraction of sp³-hybridized carbons (Fsp3) is 1.00. The molecule has 0 saturated carbocycles. The Bertz CT molecular complexity index is 209. The van der Waals surface area contributed by atoms with Crippen molar-refractivity contribution < 1.29 is 35.7 Å². The Kier molecular flexibility index (Phi) is 12.6. The van der Waals surface area contributed by atoms with Gasteiger partial charge in [0.1, 0.15) is 0 Å². The minimum absolute atomic E-state index is 0.363. The Morgan fingerprint density at radius 2 is 0.591 bits per heavy atom. The molecule has 0 aromatic rings. The minimum atomic E-state index is -3.42. The molecule has 0 unspecified atom stereocenters. The SMILES string of the molecule is CCO[Si](OCC)(OCC)OO[Si](OCC)(OCC)OCC. The van der Waals surface area contributed by atoms with Crippen molar-refractivity contribution >= 4 is 18.1 Å². The summed E-state index contributed by atoms with van der Waals surface area (Å²) in [5.74, 6) is 0. The summed E-state index contributed by atoms with van der Waals surface area (Å²) in [6, 6.07) is 0. The lowest BCUT2D eigenvalue weighted by molar-refractivity contribution is -0.258. The molecule has 0 bridgehead atoms. The Balaban J connectivity index is 5.04. The summed E-state index contributed by atoms with van der Waals surface area (Å²) in [6.45, 7) is 13.1. The quantitative estimate of drug-likeness (QED) is 0.250. The van der Waals surface area contributed by atoms with E-state index in [1.807, 2.05) is 41.5 Å². The maximum atomic E-state index is 5.54. The molecule has 0 aliphatic heterocycles. The van der Waals surface area contributed by atoms with E-state index in [9.17, 15) is 0 Å². The van der Waals surface area contributed by atoms with E-state index in [1.54, 1.807) is 0 Å². The van der Waals surface area contributed by atoms with Crippen LogP contribution in [0.5, 0.6) is 0 Å². The Hall–Kier alpha value is 0.114. The van der Waals surface area contributed by atoms with Gasteiger partial charge in [0.05, 0.1) is 0 Å². The van der Waals surface area contributed by atoms with Crippen molar-refractivity contribution in [2.45, 2.75) is 41.5 Å². The van der Waals surface area contributed by atoms with E-state index >= 15 is 0 Å². The second-order valence-electron chi connectivity index (χ2n) is 3.76. The third kappa shape index (κ3) is 7.59. The van der Waals surface area contributed by atoms with Gasteiger partial charge in [-0.1, -0.05) is 0 Å². The molecule has 134 valence electrons. The van der Waals surface area contributed by atoms with Gasteiger partial charge in [-0.3, -0.25) is 0 Å². The smallest absolute Gasteiger partial charge is 0.350 e. The van der Waals surface area contributed by atoms with Crippen LogP contribution in [0, 0.1) is 0 Å². The maximum Gasteiger partial charge on any atom is 0.707 e. The van der Waals surface area contributed by atoms with Crippen molar-refractivity contribution in [2.24, 2.45) is 0 Å². The van der Waals surface area contributed by atoms with Crippen molar-refractivity contribution in [2.75, 3.05) is 39.6 Å². The van der Waals surface area contributed by atoms with E-state index in [1.165, 1.54) is 0 Å². The molecular weight excluding hydrogens is 328 g/mol. The Labute approximate surface area is 135 Å². The fourth-order valence-electron chi connectivity index (χ4n) is 1.56. The van der Waals surface area contributed by atoms with Gasteiger partial charge >= 0.3 is 18.1 Å². The van der Waals surface area contributed by atoms with Crippen LogP contribution in [-0.4, -0.2) is 57.7 Å². The molecule has 0 N–H and O–H groups in total. The lowest BCUT2D eigenvalue weighted by atomic mass is 10.9. The molecule has 0 heterocycles. The molecule has 0 saturated heterocycles. The molecule has 0 aliphatic carbocycles. The predicted octanol–water partition coefficient (Wildman–Crippen LogP) is 2.02. The summed E-state index contributed by atoms with van der Waals surface area (Å²) in [7, 11) is -6.84. The number of rotatable bonds is 15. The van der Waals surface area contributed by atoms with Crippen molar-refractivity contribution in [3.63, 3.8) is 0 Å². The van der Waals surface area contributed by atoms with Gasteiger partial charge in [-0.15, -0.1) is 0 Å². The molecule has 22 heavy (non-hydrogen) atoms. The molecule has 0 aliphatic rings. The highest BCUT2D eigenvalue weighted by molar-refractivity contribution is 6.56. The predicted molar refractivity (Wildman–Crippen MR) is 83.4 cm³/mol. The zero-order valence-electron chi connectivity index (χ0n) is 14.5. The molecule has 0 radical (unpaired) electrons. The van der Waals surface area contributed by atoms with Gasteiger partial charge in [-0.2, -0.15) is 0 Å². The Morgan fingerprint density at radius 1 is 0.409 bits per heavy atom. The highest BCUT2D eigenvalue weighted by Gasteiger charge is 2.54. The highest BCUT2D eigenvalue weighted by Crippen LogP contribution is 2.19. The molecule has 0 aromatic heterocycles. The standard InChI is InChI=1S/C12H30O8Si2/c1-7-13-21(14-8-2,15-9-3)19-20-22(16-10-4,17-11-5)18-12-6/h7-12H2,1-6H3. The van der Waals surface area contributed by atoms with Crippen molar-refractivity contribution in [3.8, 4) is 0 Å². The van der Waals surface area contributed by atoms with Crippen LogP contribution < -0.4 is 0 Å². The molecule has 0 atom stereocenters. The lowest BCUT2D eigenvalue weighted by Crippen LogP contribution is -2.56. The van der Waals surface area contributed by atoms with Crippen LogP contribution in [-0.2, 0) is 35.7 Å². The minimum Gasteiger partial charge on any atom is -0.350 e. The normalized spacial score (nSPS) is 12.8. The van der Waals surface area contributed by atoms with Crippen LogP contribution in [0.25, 0.3) is 0 Å². The summed E-state index contributed by atoms with van der Waals surface area (Å²) in [4.78, 5) is 0. The van der Waals surface area contributed by atoms with Gasteiger partial charge in [0.2, 0.25) is 0 Å². The highest BCUT2D eigenvalue weighted by atomic mass is 28.4. The topological polar surface area (TPSA) is 73.8 Å². The number of hydrogen-bond acceptors (Lipinski definition) is 8. The van der Waals surface area contributed by atoms with Crippen molar-refractivity contribution in [3.05, 3.63) is 0 Å². The zero-order valence-corrected chi connectivity index (χ0v) is 16.5. The lowest BCUT2D eigenvalue weighted by Gasteiger charge is -2.30. The van der Waals surface area contributed by atoms with Crippen LogP contribution in [0.3, 0.4) is 0 Å². The van der Waals surface area contributed by atoms with Crippen LogP contribution >= 0.6 is 0 Å². The van der Waals surface area contributed by atoms with Gasteiger partial charge in [0, 0.05) is 39.6 Å². The number of hydrogen-bond donors (Lipinski definition) is 0. The third-order valence-electron chi connectivity index (χ3n) is 2.17. The van der Waals surface area contributed by atoms with E-state index in [2.05, 4.69) is 0 Å². The summed E-state index contributed by atoms with van der Waals surface area (Å²) in [5, 5.41) is 0. The molecule has 0 rings (SSSR count). The summed E-state index contributed by atoms with van der Waals surface area (Å²) >= 11 is 0. The monoisotopic (exact) mass is 358 g/mol. The first kappa shape index (κ1) is 22.1. The van der Waals surface area contributed by atoms with E-state index in [4.69, 9.17) is 35.7 Å². The second-order valence-corrected chi connectivity index (χ2v) is 7.83.